The van der Waals surface area contributed by atoms with E-state index < -0.39 is 50.5 Å². The van der Waals surface area contributed by atoms with Crippen molar-refractivity contribution in [3.63, 3.8) is 0 Å². The van der Waals surface area contributed by atoms with Gasteiger partial charge in [0.1, 0.15) is 5.82 Å². The van der Waals surface area contributed by atoms with E-state index in [0.717, 1.165) is 16.4 Å². The van der Waals surface area contributed by atoms with Crippen LogP contribution in [0.1, 0.15) is 28.5 Å². The molecule has 0 spiro atoms. The number of amides is 1. The van der Waals surface area contributed by atoms with Crippen LogP contribution in [0.25, 0.3) is 0 Å². The molecular weight excluding hydrogens is 404 g/mol. The van der Waals surface area contributed by atoms with Crippen molar-refractivity contribution in [1.82, 2.24) is 14.6 Å². The third-order valence-corrected chi connectivity index (χ3v) is 6.57. The topological polar surface area (TPSA) is 115 Å². The Hall–Kier alpha value is -3.08. The molecule has 0 aliphatic carbocycles. The summed E-state index contributed by atoms with van der Waals surface area (Å²) in [6.45, 7) is 3.07. The van der Waals surface area contributed by atoms with Crippen molar-refractivity contribution in [1.29, 1.82) is 5.41 Å². The Morgan fingerprint density at radius 2 is 2.00 bits per heavy atom. The Kier molecular flexibility index (Phi) is 5.03. The Morgan fingerprint density at radius 1 is 1.31 bits per heavy atom. The van der Waals surface area contributed by atoms with Crippen LogP contribution in [-0.4, -0.2) is 42.4 Å². The molecule has 1 atom stereocenters. The lowest BCUT2D eigenvalue weighted by Crippen LogP contribution is -2.61. The van der Waals surface area contributed by atoms with Gasteiger partial charge in [-0.2, -0.15) is 0 Å². The highest BCUT2D eigenvalue weighted by Gasteiger charge is 2.43. The molecule has 1 aliphatic rings. The number of guanidine groups is 1. The van der Waals surface area contributed by atoms with Gasteiger partial charge in [0.2, 0.25) is 16.0 Å². The van der Waals surface area contributed by atoms with E-state index in [2.05, 4.69) is 15.6 Å². The van der Waals surface area contributed by atoms with Crippen molar-refractivity contribution in [2.45, 2.75) is 19.4 Å². The van der Waals surface area contributed by atoms with E-state index >= 15 is 0 Å². The summed E-state index contributed by atoms with van der Waals surface area (Å²) in [4.78, 5) is 16.1. The van der Waals surface area contributed by atoms with E-state index in [4.69, 9.17) is 5.41 Å². The predicted molar refractivity (Wildman–Crippen MR) is 103 cm³/mol. The van der Waals surface area contributed by atoms with Crippen LogP contribution >= 0.6 is 0 Å². The molecule has 3 rings (SSSR count). The van der Waals surface area contributed by atoms with Gasteiger partial charge in [-0.25, -0.2) is 26.5 Å². The average Bonchev–Trinajstić information content (AvgIpc) is 2.60. The van der Waals surface area contributed by atoms with E-state index in [9.17, 15) is 22.0 Å². The highest BCUT2D eigenvalue weighted by atomic mass is 32.2. The van der Waals surface area contributed by atoms with Crippen LogP contribution in [0.2, 0.25) is 0 Å². The minimum Gasteiger partial charge on any atom is -0.345 e. The number of hydrogen-bond acceptors (Lipinski definition) is 5. The molecule has 1 saturated heterocycles. The van der Waals surface area contributed by atoms with Crippen molar-refractivity contribution in [3.8, 4) is 0 Å². The van der Waals surface area contributed by atoms with Crippen LogP contribution in [0.3, 0.4) is 0 Å². The zero-order valence-electron chi connectivity index (χ0n) is 15.9. The maximum absolute atomic E-state index is 14.5. The lowest BCUT2D eigenvalue weighted by molar-refractivity contribution is 0.101. The fourth-order valence-electron chi connectivity index (χ4n) is 3.04. The van der Waals surface area contributed by atoms with Gasteiger partial charge in [0, 0.05) is 24.5 Å². The molecule has 8 nitrogen and oxygen atoms in total. The monoisotopic (exact) mass is 423 g/mol. The smallest absolute Gasteiger partial charge is 0.277 e. The van der Waals surface area contributed by atoms with Gasteiger partial charge < -0.3 is 10.6 Å². The Bertz CT molecular complexity index is 1120. The normalized spacial score (nSPS) is 20.9. The van der Waals surface area contributed by atoms with E-state index in [1.54, 1.807) is 6.92 Å². The Labute approximate surface area is 166 Å². The van der Waals surface area contributed by atoms with Crippen molar-refractivity contribution < 1.29 is 22.0 Å². The van der Waals surface area contributed by atoms with Crippen LogP contribution in [0.15, 0.2) is 30.5 Å². The van der Waals surface area contributed by atoms with Crippen LogP contribution < -0.4 is 10.6 Å². The molecule has 1 aliphatic heterocycles. The van der Waals surface area contributed by atoms with Gasteiger partial charge in [0.05, 0.1) is 11.3 Å². The number of sulfonamides is 1. The zero-order valence-corrected chi connectivity index (χ0v) is 16.7. The maximum Gasteiger partial charge on any atom is 0.277 e. The average molecular weight is 423 g/mol. The van der Waals surface area contributed by atoms with Crippen LogP contribution in [0.4, 0.5) is 14.5 Å². The van der Waals surface area contributed by atoms with E-state index in [0.29, 0.717) is 5.56 Å². The maximum atomic E-state index is 14.5. The number of anilines is 1. The van der Waals surface area contributed by atoms with Crippen LogP contribution in [0.5, 0.6) is 0 Å². The molecular formula is C18H19F2N5O3S. The summed E-state index contributed by atoms with van der Waals surface area (Å²) in [5.74, 6) is -3.25. The molecule has 0 radical (unpaired) electrons. The summed E-state index contributed by atoms with van der Waals surface area (Å²) in [6.07, 6.45) is 1.34. The fourth-order valence-corrected chi connectivity index (χ4v) is 4.51. The summed E-state index contributed by atoms with van der Waals surface area (Å²) in [5.41, 5.74) is -1.25. The fraction of sp³-hybridized carbons (Fsp3) is 0.278. The number of hydrogen-bond donors (Lipinski definition) is 3. The lowest BCUT2D eigenvalue weighted by Gasteiger charge is -2.40. The van der Waals surface area contributed by atoms with E-state index in [1.807, 2.05) is 0 Å². The van der Waals surface area contributed by atoms with Crippen LogP contribution in [-0.2, 0) is 15.6 Å². The number of nitrogens with zero attached hydrogens (tertiary/aromatic N) is 2. The minimum atomic E-state index is -3.84. The summed E-state index contributed by atoms with van der Waals surface area (Å²) >= 11 is 0. The molecule has 2 heterocycles. The largest absolute Gasteiger partial charge is 0.345 e. The molecule has 2 aromatic rings. The molecule has 29 heavy (non-hydrogen) atoms. The summed E-state index contributed by atoms with van der Waals surface area (Å²) < 4.78 is 53.9. The molecule has 154 valence electrons. The highest BCUT2D eigenvalue weighted by Crippen LogP contribution is 2.31. The SMILES string of the molecule is Cc1cnc(C(=O)Nc2ccc(F)c([C@]3(C)CS(=O)(=O)N(C)C(=N)N3)c2)c(F)c1. The summed E-state index contributed by atoms with van der Waals surface area (Å²) in [6, 6.07) is 4.74. The van der Waals surface area contributed by atoms with Crippen LogP contribution in [0, 0.1) is 24.0 Å². The van der Waals surface area contributed by atoms with Gasteiger partial charge in [-0.05, 0) is 43.7 Å². The zero-order chi connectivity index (χ0) is 21.6. The Morgan fingerprint density at radius 3 is 2.62 bits per heavy atom. The molecule has 0 bridgehead atoms. The first-order chi connectivity index (χ1) is 13.4. The number of benzene rings is 1. The van der Waals surface area contributed by atoms with Gasteiger partial charge in [0.15, 0.2) is 11.5 Å². The first kappa shape index (κ1) is 20.6. The molecule has 1 amide bonds. The standard InChI is InChI=1S/C18H19F2N5O3S/c1-10-6-14(20)15(22-8-10)16(26)23-11-4-5-13(19)12(7-11)18(2)9-29(27,28)25(3)17(21)24-18/h4-8H,9H2,1-3H3,(H2,21,24)(H,23,26)/t18-/m0/s1. The van der Waals surface area contributed by atoms with Gasteiger partial charge in [0.25, 0.3) is 5.91 Å². The second kappa shape index (κ2) is 7.07. The summed E-state index contributed by atoms with van der Waals surface area (Å²) in [5, 5.41) is 13.0. The first-order valence-corrected chi connectivity index (χ1v) is 10.1. The molecule has 1 aromatic heterocycles. The Balaban J connectivity index is 1.94. The van der Waals surface area contributed by atoms with Crippen molar-refractivity contribution in [2.24, 2.45) is 0 Å². The quantitative estimate of drug-likeness (QED) is 0.698. The number of pyridine rings is 1. The molecule has 0 saturated carbocycles. The highest BCUT2D eigenvalue weighted by molar-refractivity contribution is 7.89. The minimum absolute atomic E-state index is 0.0611. The molecule has 1 fully saturated rings. The van der Waals surface area contributed by atoms with Crippen molar-refractivity contribution in [3.05, 3.63) is 58.9 Å². The van der Waals surface area contributed by atoms with Crippen molar-refractivity contribution >= 4 is 27.6 Å². The summed E-state index contributed by atoms with van der Waals surface area (Å²) in [7, 11) is -2.62. The molecule has 0 unspecified atom stereocenters. The number of rotatable bonds is 3. The van der Waals surface area contributed by atoms with Gasteiger partial charge in [-0.3, -0.25) is 10.2 Å². The number of carbonyl (C=O) groups is 1. The van der Waals surface area contributed by atoms with Crippen molar-refractivity contribution in [2.75, 3.05) is 18.1 Å². The van der Waals surface area contributed by atoms with Gasteiger partial charge >= 0.3 is 0 Å². The number of aryl methyl sites for hydroxylation is 1. The third kappa shape index (κ3) is 3.90. The third-order valence-electron chi connectivity index (χ3n) is 4.61. The van der Waals surface area contributed by atoms with Gasteiger partial charge in [-0.15, -0.1) is 0 Å². The first-order valence-electron chi connectivity index (χ1n) is 8.50. The van der Waals surface area contributed by atoms with E-state index in [-0.39, 0.29) is 11.3 Å². The van der Waals surface area contributed by atoms with Gasteiger partial charge in [-0.1, -0.05) is 0 Å². The molecule has 11 heteroatoms. The van der Waals surface area contributed by atoms with E-state index in [1.165, 1.54) is 32.3 Å². The lowest BCUT2D eigenvalue weighted by atomic mass is 9.93. The second-order valence-corrected chi connectivity index (χ2v) is 9.02. The molecule has 3 N–H and O–H groups in total. The number of halogens is 2. The number of carbonyl (C=O) groups excluding carboxylic acids is 1. The predicted octanol–water partition coefficient (Wildman–Crippen LogP) is 1.94. The number of nitrogens with one attached hydrogen (secondary N) is 3. The number of aromatic nitrogens is 1. The molecule has 1 aromatic carbocycles. The second-order valence-electron chi connectivity index (χ2n) is 7.02.